The van der Waals surface area contributed by atoms with Crippen LogP contribution < -0.4 is 4.57 Å². The molecule has 1 heteroatoms. The first-order chi connectivity index (χ1) is 16.7. The van der Waals surface area contributed by atoms with Crippen molar-refractivity contribution in [3.05, 3.63) is 148 Å². The molecule has 0 unspecified atom stereocenters. The molecule has 1 aromatic heterocycles. The lowest BCUT2D eigenvalue weighted by molar-refractivity contribution is -0.660. The smallest absolute Gasteiger partial charge is 0.201 e. The van der Waals surface area contributed by atoms with Crippen molar-refractivity contribution in [1.82, 2.24) is 0 Å². The lowest BCUT2D eigenvalue weighted by atomic mass is 9.61. The predicted molar refractivity (Wildman–Crippen MR) is 138 cm³/mol. The standard InChI is InChI=1S/C33H26N/c1-21-9-3-4-10-24(21)31-20-23(17-18-34(31)2)22-15-16-29-30(19-22)33-27-13-7-5-11-25(27)32(29)26-12-6-8-14-28(26)33/h3-20,32-33H,1-2H3/q+1. The quantitative estimate of drug-likeness (QED) is 0.254. The van der Waals surface area contributed by atoms with Crippen molar-refractivity contribution in [3.8, 4) is 22.4 Å². The first kappa shape index (κ1) is 19.5. The second kappa shape index (κ2) is 7.27. The van der Waals surface area contributed by atoms with Gasteiger partial charge >= 0.3 is 0 Å². The van der Waals surface area contributed by atoms with Gasteiger partial charge in [0.05, 0.1) is 0 Å². The lowest BCUT2D eigenvalue weighted by Crippen LogP contribution is -2.30. The molecule has 1 heterocycles. The minimum Gasteiger partial charge on any atom is -0.201 e. The number of benzene rings is 4. The van der Waals surface area contributed by atoms with Gasteiger partial charge in [-0.15, -0.1) is 0 Å². The van der Waals surface area contributed by atoms with E-state index in [1.54, 1.807) is 0 Å². The Labute approximate surface area is 201 Å². The van der Waals surface area contributed by atoms with Crippen LogP contribution in [-0.2, 0) is 7.05 Å². The number of nitrogens with zero attached hydrogens (tertiary/aromatic N) is 1. The fraction of sp³-hybridized carbons (Fsp3) is 0.121. The molecule has 0 radical (unpaired) electrons. The summed E-state index contributed by atoms with van der Waals surface area (Å²) in [6.45, 7) is 2.19. The third kappa shape index (κ3) is 2.70. The normalized spacial score (nSPS) is 17.1. The summed E-state index contributed by atoms with van der Waals surface area (Å²) in [7, 11) is 2.13. The highest BCUT2D eigenvalue weighted by Crippen LogP contribution is 2.56. The molecule has 3 aliphatic rings. The average molecular weight is 437 g/mol. The topological polar surface area (TPSA) is 3.88 Å². The fourth-order valence-corrected chi connectivity index (χ4v) is 6.22. The molecule has 0 fully saturated rings. The van der Waals surface area contributed by atoms with Crippen molar-refractivity contribution in [3.63, 3.8) is 0 Å². The van der Waals surface area contributed by atoms with Gasteiger partial charge in [-0.25, -0.2) is 4.57 Å². The summed E-state index contributed by atoms with van der Waals surface area (Å²) < 4.78 is 2.22. The SMILES string of the molecule is Cc1ccccc1-c1cc(-c2ccc3c(c2)C2c4ccccc4C3c3ccccc32)cc[n+]1C. The van der Waals surface area contributed by atoms with Crippen LogP contribution in [-0.4, -0.2) is 0 Å². The molecule has 0 atom stereocenters. The molecule has 162 valence electrons. The summed E-state index contributed by atoms with van der Waals surface area (Å²) in [5.74, 6) is 0.639. The molecule has 4 aromatic carbocycles. The zero-order valence-electron chi connectivity index (χ0n) is 19.5. The van der Waals surface area contributed by atoms with Crippen LogP contribution in [0.2, 0.25) is 0 Å². The largest absolute Gasteiger partial charge is 0.213 e. The second-order valence-corrected chi connectivity index (χ2v) is 9.69. The van der Waals surface area contributed by atoms with Crippen molar-refractivity contribution in [2.24, 2.45) is 7.05 Å². The number of hydrogen-bond donors (Lipinski definition) is 0. The van der Waals surface area contributed by atoms with Crippen molar-refractivity contribution >= 4 is 0 Å². The van der Waals surface area contributed by atoms with E-state index in [1.165, 1.54) is 61.3 Å². The van der Waals surface area contributed by atoms with E-state index in [-0.39, 0.29) is 0 Å². The molecule has 2 bridgehead atoms. The molecule has 0 aliphatic heterocycles. The Kier molecular flexibility index (Phi) is 4.17. The summed E-state index contributed by atoms with van der Waals surface area (Å²) in [6, 6.07) is 38.4. The molecule has 0 saturated carbocycles. The summed E-state index contributed by atoms with van der Waals surface area (Å²) in [4.78, 5) is 0. The Morgan fingerprint density at radius 3 is 1.71 bits per heavy atom. The fourth-order valence-electron chi connectivity index (χ4n) is 6.22. The maximum Gasteiger partial charge on any atom is 0.213 e. The van der Waals surface area contributed by atoms with Gasteiger partial charge in [0.2, 0.25) is 5.69 Å². The third-order valence-corrected chi connectivity index (χ3v) is 7.85. The molecule has 1 nitrogen and oxygen atoms in total. The van der Waals surface area contributed by atoms with E-state index >= 15 is 0 Å². The third-order valence-electron chi connectivity index (χ3n) is 7.85. The van der Waals surface area contributed by atoms with Crippen molar-refractivity contribution in [2.45, 2.75) is 18.8 Å². The van der Waals surface area contributed by atoms with Crippen LogP contribution in [0.3, 0.4) is 0 Å². The van der Waals surface area contributed by atoms with Gasteiger partial charge in [0.1, 0.15) is 7.05 Å². The molecule has 0 saturated heterocycles. The minimum atomic E-state index is 0.308. The lowest BCUT2D eigenvalue weighted by Gasteiger charge is -2.42. The number of aryl methyl sites for hydroxylation is 2. The van der Waals surface area contributed by atoms with Crippen molar-refractivity contribution < 1.29 is 4.57 Å². The molecule has 3 aliphatic carbocycles. The van der Waals surface area contributed by atoms with Crippen LogP contribution in [0, 0.1) is 6.92 Å². The van der Waals surface area contributed by atoms with Crippen LogP contribution in [0.5, 0.6) is 0 Å². The number of pyridine rings is 1. The Morgan fingerprint density at radius 1 is 0.529 bits per heavy atom. The van der Waals surface area contributed by atoms with Gasteiger partial charge in [-0.2, -0.15) is 0 Å². The van der Waals surface area contributed by atoms with Gasteiger partial charge in [0, 0.05) is 29.5 Å². The Morgan fingerprint density at radius 2 is 1.06 bits per heavy atom. The van der Waals surface area contributed by atoms with Crippen LogP contribution >= 0.6 is 0 Å². The molecule has 0 N–H and O–H groups in total. The summed E-state index contributed by atoms with van der Waals surface area (Å²) in [5.41, 5.74) is 15.2. The zero-order valence-corrected chi connectivity index (χ0v) is 19.5. The summed E-state index contributed by atoms with van der Waals surface area (Å²) in [6.07, 6.45) is 2.19. The van der Waals surface area contributed by atoms with E-state index in [2.05, 4.69) is 128 Å². The van der Waals surface area contributed by atoms with Crippen molar-refractivity contribution in [2.75, 3.05) is 0 Å². The van der Waals surface area contributed by atoms with Gasteiger partial charge in [-0.05, 0) is 69.1 Å². The van der Waals surface area contributed by atoms with E-state index in [1.807, 2.05) is 0 Å². The average Bonchev–Trinajstić information content (AvgIpc) is 2.89. The van der Waals surface area contributed by atoms with Gasteiger partial charge in [0.15, 0.2) is 6.20 Å². The van der Waals surface area contributed by atoms with Crippen molar-refractivity contribution in [1.29, 1.82) is 0 Å². The molecular formula is C33H26N+. The van der Waals surface area contributed by atoms with Crippen LogP contribution in [0.25, 0.3) is 22.4 Å². The highest BCUT2D eigenvalue weighted by molar-refractivity contribution is 5.75. The Hall–Kier alpha value is -3.97. The number of hydrogen-bond acceptors (Lipinski definition) is 0. The van der Waals surface area contributed by atoms with Gasteiger partial charge in [-0.1, -0.05) is 78.9 Å². The monoisotopic (exact) mass is 436 g/mol. The first-order valence-corrected chi connectivity index (χ1v) is 12.1. The van der Waals surface area contributed by atoms with Gasteiger partial charge < -0.3 is 0 Å². The molecular weight excluding hydrogens is 410 g/mol. The summed E-state index contributed by atoms with van der Waals surface area (Å²) in [5, 5.41) is 0. The molecule has 8 rings (SSSR count). The Balaban J connectivity index is 1.40. The zero-order chi connectivity index (χ0) is 22.8. The van der Waals surface area contributed by atoms with Gasteiger partial charge in [-0.3, -0.25) is 0 Å². The van der Waals surface area contributed by atoms with E-state index in [9.17, 15) is 0 Å². The van der Waals surface area contributed by atoms with Crippen LogP contribution in [0.4, 0.5) is 0 Å². The van der Waals surface area contributed by atoms with E-state index in [0.29, 0.717) is 11.8 Å². The van der Waals surface area contributed by atoms with Crippen LogP contribution in [0.15, 0.2) is 109 Å². The number of aromatic nitrogens is 1. The molecule has 34 heavy (non-hydrogen) atoms. The van der Waals surface area contributed by atoms with Gasteiger partial charge in [0.25, 0.3) is 0 Å². The van der Waals surface area contributed by atoms with E-state index in [4.69, 9.17) is 0 Å². The molecule has 5 aromatic rings. The number of rotatable bonds is 2. The highest BCUT2D eigenvalue weighted by Gasteiger charge is 2.40. The second-order valence-electron chi connectivity index (χ2n) is 9.69. The summed E-state index contributed by atoms with van der Waals surface area (Å²) >= 11 is 0. The Bertz CT molecular complexity index is 1550. The van der Waals surface area contributed by atoms with E-state index in [0.717, 1.165) is 0 Å². The first-order valence-electron chi connectivity index (χ1n) is 12.1. The van der Waals surface area contributed by atoms with E-state index < -0.39 is 0 Å². The maximum atomic E-state index is 2.45. The highest BCUT2D eigenvalue weighted by atomic mass is 14.9. The predicted octanol–water partition coefficient (Wildman–Crippen LogP) is 7.14. The van der Waals surface area contributed by atoms with Crippen LogP contribution in [0.1, 0.15) is 50.8 Å². The molecule has 0 amide bonds. The molecule has 0 spiro atoms. The maximum absolute atomic E-state index is 2.45. The minimum absolute atomic E-state index is 0.308.